The number of ether oxygens (including phenoxy) is 1. The van der Waals surface area contributed by atoms with E-state index in [0.717, 1.165) is 15.6 Å². The Hall–Kier alpha value is -2.42. The van der Waals surface area contributed by atoms with Crippen molar-refractivity contribution in [3.8, 4) is 5.75 Å². The van der Waals surface area contributed by atoms with Crippen molar-refractivity contribution in [3.63, 3.8) is 0 Å². The van der Waals surface area contributed by atoms with E-state index in [1.807, 2.05) is 19.1 Å². The van der Waals surface area contributed by atoms with E-state index in [2.05, 4.69) is 32.1 Å². The molecule has 2 rings (SSSR count). The van der Waals surface area contributed by atoms with Crippen LogP contribution in [0.3, 0.4) is 0 Å². The van der Waals surface area contributed by atoms with E-state index in [1.165, 1.54) is 6.08 Å². The van der Waals surface area contributed by atoms with Gasteiger partial charge in [0.25, 0.3) is 5.91 Å². The molecule has 0 spiro atoms. The minimum atomic E-state index is -0.458. The normalized spacial score (nSPS) is 10.4. The predicted octanol–water partition coefficient (Wildman–Crippen LogP) is 3.53. The molecule has 0 saturated heterocycles. The first kappa shape index (κ1) is 21.9. The number of carbonyl (C=O) groups is 2. The van der Waals surface area contributed by atoms with Crippen LogP contribution in [0.4, 0.5) is 0 Å². The van der Waals surface area contributed by atoms with Crippen LogP contribution in [0.15, 0.2) is 53.0 Å². The molecular weight excluding hydrogens is 466 g/mol. The van der Waals surface area contributed by atoms with Crippen molar-refractivity contribution in [3.05, 3.63) is 69.2 Å². The summed E-state index contributed by atoms with van der Waals surface area (Å²) in [6.07, 6.45) is 2.93. The van der Waals surface area contributed by atoms with Gasteiger partial charge in [0, 0.05) is 11.1 Å². The number of rotatable bonds is 5. The van der Waals surface area contributed by atoms with Crippen molar-refractivity contribution in [2.45, 2.75) is 6.92 Å². The van der Waals surface area contributed by atoms with Gasteiger partial charge in [-0.2, -0.15) is 0 Å². The molecule has 6 nitrogen and oxygen atoms in total. The van der Waals surface area contributed by atoms with Crippen LogP contribution in [0.5, 0.6) is 5.75 Å². The fourth-order valence-corrected chi connectivity index (χ4v) is 2.84. The van der Waals surface area contributed by atoms with Gasteiger partial charge in [-0.15, -0.1) is 0 Å². The van der Waals surface area contributed by atoms with E-state index >= 15 is 0 Å². The molecule has 0 saturated carbocycles. The van der Waals surface area contributed by atoms with Crippen LogP contribution in [-0.2, 0) is 9.59 Å². The maximum absolute atomic E-state index is 11.8. The van der Waals surface area contributed by atoms with Gasteiger partial charge in [0.2, 0.25) is 5.91 Å². The van der Waals surface area contributed by atoms with E-state index in [0.29, 0.717) is 10.8 Å². The smallest absolute Gasteiger partial charge is 0.276 e. The molecule has 2 aromatic carbocycles. The van der Waals surface area contributed by atoms with Crippen LogP contribution < -0.4 is 20.9 Å². The van der Waals surface area contributed by atoms with Gasteiger partial charge in [0.15, 0.2) is 11.7 Å². The molecule has 28 heavy (non-hydrogen) atoms. The second-order valence-corrected chi connectivity index (χ2v) is 7.30. The Kier molecular flexibility index (Phi) is 8.43. The van der Waals surface area contributed by atoms with Crippen LogP contribution in [0, 0.1) is 6.92 Å². The number of thiocarbonyl (C=S) groups is 1. The van der Waals surface area contributed by atoms with Gasteiger partial charge < -0.3 is 4.74 Å². The third-order valence-corrected chi connectivity index (χ3v) is 4.37. The first-order chi connectivity index (χ1) is 13.3. The van der Waals surface area contributed by atoms with Gasteiger partial charge in [-0.25, -0.2) is 0 Å². The Labute approximate surface area is 181 Å². The molecule has 0 bridgehead atoms. The monoisotopic (exact) mass is 481 g/mol. The molecule has 0 fully saturated rings. The highest BCUT2D eigenvalue weighted by Crippen LogP contribution is 2.25. The summed E-state index contributed by atoms with van der Waals surface area (Å²) in [5.41, 5.74) is 6.66. The molecule has 0 unspecified atom stereocenters. The third kappa shape index (κ3) is 7.67. The molecule has 0 aliphatic carbocycles. The zero-order valence-corrected chi connectivity index (χ0v) is 18.0. The van der Waals surface area contributed by atoms with E-state index in [1.54, 1.807) is 36.4 Å². The number of hydrogen-bond donors (Lipinski definition) is 3. The third-order valence-electron chi connectivity index (χ3n) is 3.30. The zero-order valence-electron chi connectivity index (χ0n) is 14.8. The van der Waals surface area contributed by atoms with Gasteiger partial charge >= 0.3 is 0 Å². The molecule has 0 heterocycles. The summed E-state index contributed by atoms with van der Waals surface area (Å²) < 4.78 is 6.17. The lowest BCUT2D eigenvalue weighted by Gasteiger charge is -2.11. The summed E-state index contributed by atoms with van der Waals surface area (Å²) in [5, 5.41) is 2.98. The second kappa shape index (κ2) is 10.8. The summed E-state index contributed by atoms with van der Waals surface area (Å²) in [6.45, 7) is 1.73. The number of hydrogen-bond acceptors (Lipinski definition) is 4. The maximum Gasteiger partial charge on any atom is 0.276 e. The number of aryl methyl sites for hydroxylation is 1. The number of halogens is 2. The first-order valence-electron chi connectivity index (χ1n) is 8.06. The molecule has 0 aliphatic rings. The van der Waals surface area contributed by atoms with Crippen LogP contribution in [0.2, 0.25) is 5.02 Å². The number of amides is 2. The minimum absolute atomic E-state index is 0.0457. The summed E-state index contributed by atoms with van der Waals surface area (Å²) in [4.78, 5) is 23.6. The summed E-state index contributed by atoms with van der Waals surface area (Å²) in [6, 6.07) is 12.5. The van der Waals surface area contributed by atoms with Crippen LogP contribution in [0.1, 0.15) is 11.1 Å². The minimum Gasteiger partial charge on any atom is -0.483 e. The SMILES string of the molecule is Cc1ccc(OCC(=O)NNC(=S)NC(=O)/C=C/c2ccc(Cl)cc2)c(Br)c1. The van der Waals surface area contributed by atoms with Crippen LogP contribution in [-0.4, -0.2) is 23.5 Å². The van der Waals surface area contributed by atoms with Crippen molar-refractivity contribution in [1.82, 2.24) is 16.2 Å². The molecule has 0 aliphatic heterocycles. The highest BCUT2D eigenvalue weighted by Gasteiger charge is 2.07. The molecule has 146 valence electrons. The molecule has 2 amide bonds. The molecule has 0 atom stereocenters. The first-order valence-corrected chi connectivity index (χ1v) is 9.64. The van der Waals surface area contributed by atoms with E-state index < -0.39 is 11.8 Å². The fourth-order valence-electron chi connectivity index (χ4n) is 1.96. The fraction of sp³-hybridized carbons (Fsp3) is 0.105. The van der Waals surface area contributed by atoms with Crippen molar-refractivity contribution < 1.29 is 14.3 Å². The average molecular weight is 483 g/mol. The number of nitrogens with one attached hydrogen (secondary N) is 3. The summed E-state index contributed by atoms with van der Waals surface area (Å²) >= 11 is 14.1. The summed E-state index contributed by atoms with van der Waals surface area (Å²) in [5.74, 6) is -0.355. The highest BCUT2D eigenvalue weighted by molar-refractivity contribution is 9.10. The van der Waals surface area contributed by atoms with Crippen molar-refractivity contribution in [1.29, 1.82) is 0 Å². The van der Waals surface area contributed by atoms with Gasteiger partial charge in [0.1, 0.15) is 5.75 Å². The topological polar surface area (TPSA) is 79.5 Å². The average Bonchev–Trinajstić information content (AvgIpc) is 2.65. The van der Waals surface area contributed by atoms with Gasteiger partial charge in [-0.3, -0.25) is 25.8 Å². The zero-order chi connectivity index (χ0) is 20.5. The number of carbonyl (C=O) groups excluding carboxylic acids is 2. The van der Waals surface area contributed by atoms with Gasteiger partial charge in [-0.1, -0.05) is 29.8 Å². The lowest BCUT2D eigenvalue weighted by Crippen LogP contribution is -2.49. The van der Waals surface area contributed by atoms with Crippen molar-refractivity contribution in [2.75, 3.05) is 6.61 Å². The van der Waals surface area contributed by atoms with Crippen molar-refractivity contribution >= 4 is 62.8 Å². The molecule has 9 heteroatoms. The van der Waals surface area contributed by atoms with Crippen molar-refractivity contribution in [2.24, 2.45) is 0 Å². The quantitative estimate of drug-likeness (QED) is 0.345. The second-order valence-electron chi connectivity index (χ2n) is 5.60. The summed E-state index contributed by atoms with van der Waals surface area (Å²) in [7, 11) is 0. The Morgan fingerprint density at radius 1 is 1.18 bits per heavy atom. The van der Waals surface area contributed by atoms with E-state index in [-0.39, 0.29) is 11.7 Å². The molecule has 3 N–H and O–H groups in total. The van der Waals surface area contributed by atoms with Gasteiger partial charge in [-0.05, 0) is 76.5 Å². The van der Waals surface area contributed by atoms with E-state index in [9.17, 15) is 9.59 Å². The van der Waals surface area contributed by atoms with Crippen LogP contribution >= 0.6 is 39.7 Å². The van der Waals surface area contributed by atoms with Crippen LogP contribution in [0.25, 0.3) is 6.08 Å². The maximum atomic E-state index is 11.8. The molecule has 2 aromatic rings. The Morgan fingerprint density at radius 3 is 2.57 bits per heavy atom. The molecule has 0 radical (unpaired) electrons. The Morgan fingerprint density at radius 2 is 1.89 bits per heavy atom. The highest BCUT2D eigenvalue weighted by atomic mass is 79.9. The largest absolute Gasteiger partial charge is 0.483 e. The van der Waals surface area contributed by atoms with Gasteiger partial charge in [0.05, 0.1) is 4.47 Å². The molecule has 0 aromatic heterocycles. The lowest BCUT2D eigenvalue weighted by atomic mass is 10.2. The standard InChI is InChI=1S/C19H17BrClN3O3S/c1-12-2-8-16(15(20)10-12)27-11-18(26)23-24-19(28)22-17(25)9-5-13-3-6-14(21)7-4-13/h2-10H,11H2,1H3,(H,23,26)(H2,22,24,25,28)/b9-5+. The predicted molar refractivity (Wildman–Crippen MR) is 117 cm³/mol. The Bertz CT molecular complexity index is 904. The lowest BCUT2D eigenvalue weighted by molar-refractivity contribution is -0.123. The van der Waals surface area contributed by atoms with E-state index in [4.69, 9.17) is 28.6 Å². The molecular formula is C19H17BrClN3O3S. The number of hydrazine groups is 1. The number of benzene rings is 2. The Balaban J connectivity index is 1.71.